The standard InChI is InChI=1S/C15H16ClNO3/c1-2-10-8-14(18)17(9-10)13(15(19)20)7-11-3-5-12(16)6-4-11/h2-6,10,13H,1,7-9H2,(H,19,20)/t10?,13-/m0/s1. The minimum Gasteiger partial charge on any atom is -0.480 e. The van der Waals surface area contributed by atoms with E-state index in [-0.39, 0.29) is 18.2 Å². The van der Waals surface area contributed by atoms with Gasteiger partial charge in [0.05, 0.1) is 0 Å². The van der Waals surface area contributed by atoms with Gasteiger partial charge in [0.25, 0.3) is 0 Å². The predicted octanol–water partition coefficient (Wildman–Crippen LogP) is 2.37. The van der Waals surface area contributed by atoms with Crippen molar-refractivity contribution in [2.45, 2.75) is 18.9 Å². The molecule has 1 heterocycles. The molecule has 0 radical (unpaired) electrons. The maximum atomic E-state index is 11.9. The van der Waals surface area contributed by atoms with Gasteiger partial charge in [0.2, 0.25) is 5.91 Å². The number of hydrogen-bond acceptors (Lipinski definition) is 2. The Bertz CT molecular complexity index is 526. The molecule has 0 aliphatic carbocycles. The van der Waals surface area contributed by atoms with E-state index in [1.807, 2.05) is 0 Å². The molecule has 1 aliphatic heterocycles. The number of amides is 1. The lowest BCUT2D eigenvalue weighted by Gasteiger charge is -2.24. The van der Waals surface area contributed by atoms with E-state index in [1.165, 1.54) is 4.90 Å². The lowest BCUT2D eigenvalue weighted by atomic mass is 10.0. The summed E-state index contributed by atoms with van der Waals surface area (Å²) in [4.78, 5) is 24.8. The van der Waals surface area contributed by atoms with Gasteiger partial charge in [0.1, 0.15) is 6.04 Å². The zero-order chi connectivity index (χ0) is 14.7. The van der Waals surface area contributed by atoms with E-state index < -0.39 is 12.0 Å². The summed E-state index contributed by atoms with van der Waals surface area (Å²) < 4.78 is 0. The second-order valence-electron chi connectivity index (χ2n) is 4.93. The molecule has 20 heavy (non-hydrogen) atoms. The zero-order valence-corrected chi connectivity index (χ0v) is 11.7. The number of nitrogens with zero attached hydrogens (tertiary/aromatic N) is 1. The third-order valence-electron chi connectivity index (χ3n) is 3.53. The van der Waals surface area contributed by atoms with Crippen molar-refractivity contribution in [1.29, 1.82) is 0 Å². The Kier molecular flexibility index (Phi) is 4.45. The van der Waals surface area contributed by atoms with Crippen LogP contribution in [-0.2, 0) is 16.0 Å². The fourth-order valence-corrected chi connectivity index (χ4v) is 2.52. The Morgan fingerprint density at radius 2 is 2.15 bits per heavy atom. The number of carbonyl (C=O) groups excluding carboxylic acids is 1. The Balaban J connectivity index is 2.15. The highest BCUT2D eigenvalue weighted by Crippen LogP contribution is 2.23. The number of benzene rings is 1. The molecule has 1 aliphatic rings. The number of aliphatic carboxylic acids is 1. The Hall–Kier alpha value is -1.81. The van der Waals surface area contributed by atoms with Crippen LogP contribution in [0.25, 0.3) is 0 Å². The molecule has 2 atom stereocenters. The van der Waals surface area contributed by atoms with Crippen LogP contribution in [0.2, 0.25) is 5.02 Å². The van der Waals surface area contributed by atoms with E-state index in [1.54, 1.807) is 30.3 Å². The number of rotatable bonds is 5. The number of carbonyl (C=O) groups is 2. The first-order chi connectivity index (χ1) is 9.51. The van der Waals surface area contributed by atoms with Crippen LogP contribution in [0.4, 0.5) is 0 Å². The number of likely N-dealkylation sites (tertiary alicyclic amines) is 1. The lowest BCUT2D eigenvalue weighted by molar-refractivity contribution is -0.148. The van der Waals surface area contributed by atoms with Crippen molar-refractivity contribution in [2.24, 2.45) is 5.92 Å². The summed E-state index contributed by atoms with van der Waals surface area (Å²) in [7, 11) is 0. The summed E-state index contributed by atoms with van der Waals surface area (Å²) in [5.74, 6) is -1.08. The molecule has 1 aromatic rings. The molecular weight excluding hydrogens is 278 g/mol. The van der Waals surface area contributed by atoms with Crippen LogP contribution < -0.4 is 0 Å². The van der Waals surface area contributed by atoms with Crippen molar-refractivity contribution < 1.29 is 14.7 Å². The molecule has 5 heteroatoms. The summed E-state index contributed by atoms with van der Waals surface area (Å²) in [6, 6.07) is 6.16. The van der Waals surface area contributed by atoms with Gasteiger partial charge in [-0.3, -0.25) is 4.79 Å². The second kappa shape index (κ2) is 6.09. The molecule has 4 nitrogen and oxygen atoms in total. The molecule has 2 rings (SSSR count). The Morgan fingerprint density at radius 1 is 1.50 bits per heavy atom. The van der Waals surface area contributed by atoms with Gasteiger partial charge in [0, 0.05) is 30.3 Å². The topological polar surface area (TPSA) is 57.6 Å². The summed E-state index contributed by atoms with van der Waals surface area (Å²) in [6.07, 6.45) is 2.33. The van der Waals surface area contributed by atoms with Gasteiger partial charge in [-0.15, -0.1) is 6.58 Å². The van der Waals surface area contributed by atoms with Crippen molar-refractivity contribution in [3.63, 3.8) is 0 Å². The maximum absolute atomic E-state index is 11.9. The lowest BCUT2D eigenvalue weighted by Crippen LogP contribution is -2.43. The van der Waals surface area contributed by atoms with E-state index in [0.29, 0.717) is 18.0 Å². The monoisotopic (exact) mass is 293 g/mol. The van der Waals surface area contributed by atoms with Gasteiger partial charge in [-0.05, 0) is 17.7 Å². The van der Waals surface area contributed by atoms with E-state index in [2.05, 4.69) is 6.58 Å². The highest BCUT2D eigenvalue weighted by molar-refractivity contribution is 6.30. The molecule has 1 aromatic carbocycles. The van der Waals surface area contributed by atoms with Crippen LogP contribution in [-0.4, -0.2) is 34.5 Å². The maximum Gasteiger partial charge on any atom is 0.326 e. The van der Waals surface area contributed by atoms with Crippen molar-refractivity contribution >= 4 is 23.5 Å². The van der Waals surface area contributed by atoms with Crippen LogP contribution in [0.3, 0.4) is 0 Å². The van der Waals surface area contributed by atoms with E-state index in [0.717, 1.165) is 5.56 Å². The molecule has 1 unspecified atom stereocenters. The first kappa shape index (κ1) is 14.6. The number of carboxylic acid groups (broad SMARTS) is 1. The van der Waals surface area contributed by atoms with Crippen LogP contribution in [0.1, 0.15) is 12.0 Å². The van der Waals surface area contributed by atoms with Crippen LogP contribution in [0.15, 0.2) is 36.9 Å². The van der Waals surface area contributed by atoms with Crippen LogP contribution >= 0.6 is 11.6 Å². The van der Waals surface area contributed by atoms with Gasteiger partial charge in [0.15, 0.2) is 0 Å². The van der Waals surface area contributed by atoms with Crippen LogP contribution in [0.5, 0.6) is 0 Å². The van der Waals surface area contributed by atoms with E-state index in [9.17, 15) is 14.7 Å². The Labute approximate surface area is 122 Å². The highest BCUT2D eigenvalue weighted by atomic mass is 35.5. The molecule has 1 N–H and O–H groups in total. The molecule has 1 fully saturated rings. The smallest absolute Gasteiger partial charge is 0.326 e. The van der Waals surface area contributed by atoms with Crippen molar-refractivity contribution in [2.75, 3.05) is 6.54 Å². The van der Waals surface area contributed by atoms with Crippen molar-refractivity contribution in [3.05, 3.63) is 47.5 Å². The number of hydrogen-bond donors (Lipinski definition) is 1. The first-order valence-corrected chi connectivity index (χ1v) is 6.78. The molecular formula is C15H16ClNO3. The Morgan fingerprint density at radius 3 is 2.65 bits per heavy atom. The van der Waals surface area contributed by atoms with Gasteiger partial charge in [-0.25, -0.2) is 4.79 Å². The number of halogens is 1. The molecule has 1 saturated heterocycles. The fourth-order valence-electron chi connectivity index (χ4n) is 2.39. The summed E-state index contributed by atoms with van der Waals surface area (Å²) >= 11 is 5.81. The summed E-state index contributed by atoms with van der Waals surface area (Å²) in [5.41, 5.74) is 0.844. The minimum absolute atomic E-state index is 0.0366. The average Bonchev–Trinajstić information content (AvgIpc) is 2.79. The van der Waals surface area contributed by atoms with E-state index >= 15 is 0 Å². The normalized spacial score (nSPS) is 19.9. The summed E-state index contributed by atoms with van der Waals surface area (Å²) in [6.45, 7) is 4.09. The number of carboxylic acids is 1. The molecule has 0 bridgehead atoms. The molecule has 0 aromatic heterocycles. The minimum atomic E-state index is -0.988. The third-order valence-corrected chi connectivity index (χ3v) is 3.78. The average molecular weight is 294 g/mol. The predicted molar refractivity (Wildman–Crippen MR) is 76.6 cm³/mol. The second-order valence-corrected chi connectivity index (χ2v) is 5.37. The van der Waals surface area contributed by atoms with Gasteiger partial charge < -0.3 is 10.0 Å². The molecule has 1 amide bonds. The quantitative estimate of drug-likeness (QED) is 0.848. The van der Waals surface area contributed by atoms with Crippen LogP contribution in [0, 0.1) is 5.92 Å². The fraction of sp³-hybridized carbons (Fsp3) is 0.333. The van der Waals surface area contributed by atoms with Crippen molar-refractivity contribution in [3.8, 4) is 0 Å². The molecule has 0 saturated carbocycles. The zero-order valence-electron chi connectivity index (χ0n) is 11.0. The largest absolute Gasteiger partial charge is 0.480 e. The first-order valence-electron chi connectivity index (χ1n) is 6.40. The van der Waals surface area contributed by atoms with Gasteiger partial charge >= 0.3 is 5.97 Å². The summed E-state index contributed by atoms with van der Waals surface area (Å²) in [5, 5.41) is 9.98. The van der Waals surface area contributed by atoms with Gasteiger partial charge in [-0.2, -0.15) is 0 Å². The van der Waals surface area contributed by atoms with Crippen molar-refractivity contribution in [1.82, 2.24) is 4.90 Å². The third kappa shape index (κ3) is 3.20. The van der Waals surface area contributed by atoms with Gasteiger partial charge in [-0.1, -0.05) is 29.8 Å². The molecule has 106 valence electrons. The van der Waals surface area contributed by atoms with E-state index in [4.69, 9.17) is 11.6 Å². The molecule has 0 spiro atoms. The SMILES string of the molecule is C=CC1CC(=O)N([C@@H](Cc2ccc(Cl)cc2)C(=O)O)C1. The highest BCUT2D eigenvalue weighted by Gasteiger charge is 2.36.